The number of likely N-dealkylation sites (tertiary alicyclic amines) is 1. The molecular formula is C26H35F2N3O2. The summed E-state index contributed by atoms with van der Waals surface area (Å²) in [6, 6.07) is 3.71. The number of hydrogen-bond acceptors (Lipinski definition) is 4. The van der Waals surface area contributed by atoms with Crippen LogP contribution in [0.25, 0.3) is 5.70 Å². The van der Waals surface area contributed by atoms with Crippen molar-refractivity contribution in [3.63, 3.8) is 0 Å². The number of carbonyl (C=O) groups excluding carboxylic acids is 1. The molecule has 3 atom stereocenters. The number of hydrogen-bond donors (Lipinski definition) is 0. The molecule has 1 aliphatic carbocycles. The summed E-state index contributed by atoms with van der Waals surface area (Å²) < 4.78 is 35.1. The average Bonchev–Trinajstić information content (AvgIpc) is 3.05. The Morgan fingerprint density at radius 2 is 1.88 bits per heavy atom. The summed E-state index contributed by atoms with van der Waals surface area (Å²) in [6.45, 7) is 14.8. The van der Waals surface area contributed by atoms with Crippen LogP contribution in [0.15, 0.2) is 47.3 Å². The van der Waals surface area contributed by atoms with E-state index in [2.05, 4.69) is 30.7 Å². The Morgan fingerprint density at radius 3 is 2.42 bits per heavy atom. The third-order valence-electron chi connectivity index (χ3n) is 6.94. The third-order valence-corrected chi connectivity index (χ3v) is 6.94. The van der Waals surface area contributed by atoms with Crippen LogP contribution in [0.1, 0.15) is 53.0 Å². The molecule has 1 aromatic rings. The zero-order chi connectivity index (χ0) is 24.3. The van der Waals surface area contributed by atoms with Gasteiger partial charge in [0.15, 0.2) is 0 Å². The summed E-state index contributed by atoms with van der Waals surface area (Å²) in [4.78, 5) is 15.5. The molecule has 0 aromatic heterocycles. The normalized spacial score (nSPS) is 26.5. The van der Waals surface area contributed by atoms with Crippen LogP contribution >= 0.6 is 0 Å². The Kier molecular flexibility index (Phi) is 7.83. The molecule has 1 unspecified atom stereocenters. The van der Waals surface area contributed by atoms with Crippen LogP contribution in [0.2, 0.25) is 0 Å². The van der Waals surface area contributed by atoms with Crippen LogP contribution < -0.4 is 0 Å². The summed E-state index contributed by atoms with van der Waals surface area (Å²) in [5, 5.41) is 7.89. The molecule has 1 amide bonds. The SMILES string of the molecule is C=CN=N/C(=C\C1[C@H](C(C)C)CC[C@]1(C)C(=O)N1CC(OC(C)C)C1)c1c(F)cccc1F. The molecular weight excluding hydrogens is 424 g/mol. The lowest BCUT2D eigenvalue weighted by Gasteiger charge is -2.45. The Bertz CT molecular complexity index is 917. The lowest BCUT2D eigenvalue weighted by atomic mass is 9.72. The molecule has 1 saturated carbocycles. The Morgan fingerprint density at radius 1 is 1.24 bits per heavy atom. The molecule has 0 spiro atoms. The minimum absolute atomic E-state index is 0.0540. The molecule has 2 fully saturated rings. The van der Waals surface area contributed by atoms with Gasteiger partial charge in [0.05, 0.1) is 28.9 Å². The molecule has 2 aliphatic rings. The first-order valence-electron chi connectivity index (χ1n) is 11.7. The fourth-order valence-corrected chi connectivity index (χ4v) is 5.21. The van der Waals surface area contributed by atoms with Gasteiger partial charge in [0, 0.05) is 19.3 Å². The highest BCUT2D eigenvalue weighted by molar-refractivity contribution is 5.84. The van der Waals surface area contributed by atoms with E-state index in [0.29, 0.717) is 19.5 Å². The molecule has 0 N–H and O–H groups in total. The van der Waals surface area contributed by atoms with E-state index in [4.69, 9.17) is 4.74 Å². The van der Waals surface area contributed by atoms with Gasteiger partial charge in [-0.3, -0.25) is 4.79 Å². The van der Waals surface area contributed by atoms with Crippen molar-refractivity contribution in [3.05, 3.63) is 54.3 Å². The fraction of sp³-hybridized carbons (Fsp3) is 0.577. The number of nitrogens with zero attached hydrogens (tertiary/aromatic N) is 3. The average molecular weight is 460 g/mol. The van der Waals surface area contributed by atoms with Crippen LogP contribution in [0.4, 0.5) is 8.78 Å². The maximum atomic E-state index is 14.7. The van der Waals surface area contributed by atoms with Gasteiger partial charge >= 0.3 is 0 Å². The second kappa shape index (κ2) is 10.2. The van der Waals surface area contributed by atoms with E-state index < -0.39 is 17.0 Å². The fourth-order valence-electron chi connectivity index (χ4n) is 5.21. The second-order valence-corrected chi connectivity index (χ2v) is 9.95. The van der Waals surface area contributed by atoms with E-state index >= 15 is 0 Å². The van der Waals surface area contributed by atoms with Crippen molar-refractivity contribution >= 4 is 11.6 Å². The first-order valence-corrected chi connectivity index (χ1v) is 11.7. The van der Waals surface area contributed by atoms with Gasteiger partial charge in [-0.2, -0.15) is 10.2 Å². The minimum Gasteiger partial charge on any atom is -0.372 e. The summed E-state index contributed by atoms with van der Waals surface area (Å²) in [5.41, 5.74) is -0.845. The molecule has 0 bridgehead atoms. The highest BCUT2D eigenvalue weighted by Gasteiger charge is 2.53. The predicted octanol–water partition coefficient (Wildman–Crippen LogP) is 6.23. The largest absolute Gasteiger partial charge is 0.372 e. The van der Waals surface area contributed by atoms with Crippen molar-refractivity contribution in [2.75, 3.05) is 13.1 Å². The van der Waals surface area contributed by atoms with Gasteiger partial charge < -0.3 is 9.64 Å². The number of azo groups is 1. The summed E-state index contributed by atoms with van der Waals surface area (Å²) in [5.74, 6) is -1.15. The molecule has 5 nitrogen and oxygen atoms in total. The summed E-state index contributed by atoms with van der Waals surface area (Å²) in [6.07, 6.45) is 4.70. The van der Waals surface area contributed by atoms with Crippen molar-refractivity contribution < 1.29 is 18.3 Å². The molecule has 0 radical (unpaired) electrons. The standard InChI is InChI=1S/C26H35F2N3O2/c1-7-29-30-23(24-21(27)9-8-10-22(24)28)13-20-19(16(2)3)11-12-26(20,6)25(32)31-14-18(15-31)33-17(4)5/h7-10,13,16-20H,1,11-12,14-15H2,2-6H3/b23-13-,30-29?/t19-,20?,26-/m0/s1. The van der Waals surface area contributed by atoms with Crippen LogP contribution in [-0.2, 0) is 9.53 Å². The van der Waals surface area contributed by atoms with Crippen molar-refractivity contribution in [2.45, 2.75) is 59.7 Å². The first kappa shape index (κ1) is 25.2. The first-order chi connectivity index (χ1) is 15.6. The van der Waals surface area contributed by atoms with E-state index in [1.165, 1.54) is 24.4 Å². The molecule has 1 heterocycles. The highest BCUT2D eigenvalue weighted by atomic mass is 19.1. The Hall–Kier alpha value is -2.41. The zero-order valence-electron chi connectivity index (χ0n) is 20.2. The van der Waals surface area contributed by atoms with Crippen LogP contribution in [0, 0.1) is 34.8 Å². The van der Waals surface area contributed by atoms with E-state index in [-0.39, 0.29) is 47.1 Å². The maximum absolute atomic E-state index is 14.7. The second-order valence-electron chi connectivity index (χ2n) is 9.95. The molecule has 3 rings (SSSR count). The molecule has 33 heavy (non-hydrogen) atoms. The van der Waals surface area contributed by atoms with Gasteiger partial charge in [-0.05, 0) is 56.6 Å². The lowest BCUT2D eigenvalue weighted by molar-refractivity contribution is -0.159. The third kappa shape index (κ3) is 5.24. The van der Waals surface area contributed by atoms with E-state index in [0.717, 1.165) is 6.42 Å². The number of rotatable bonds is 8. The van der Waals surface area contributed by atoms with Gasteiger partial charge in [0.2, 0.25) is 5.91 Å². The number of allylic oxidation sites excluding steroid dienone is 1. The van der Waals surface area contributed by atoms with Gasteiger partial charge in [0.1, 0.15) is 11.6 Å². The Labute approximate surface area is 195 Å². The quantitative estimate of drug-likeness (QED) is 0.433. The number of halogens is 2. The lowest BCUT2D eigenvalue weighted by Crippen LogP contribution is -2.59. The predicted molar refractivity (Wildman–Crippen MR) is 125 cm³/mol. The molecule has 1 aliphatic heterocycles. The zero-order valence-corrected chi connectivity index (χ0v) is 20.2. The molecule has 1 saturated heterocycles. The summed E-state index contributed by atoms with van der Waals surface area (Å²) in [7, 11) is 0. The molecule has 7 heteroatoms. The van der Waals surface area contributed by atoms with Crippen LogP contribution in [0.3, 0.4) is 0 Å². The van der Waals surface area contributed by atoms with Crippen molar-refractivity contribution in [1.29, 1.82) is 0 Å². The summed E-state index contributed by atoms with van der Waals surface area (Å²) >= 11 is 0. The minimum atomic E-state index is -0.715. The van der Waals surface area contributed by atoms with Gasteiger partial charge in [-0.15, -0.1) is 0 Å². The van der Waals surface area contributed by atoms with Crippen molar-refractivity contribution in [2.24, 2.45) is 33.4 Å². The van der Waals surface area contributed by atoms with Crippen LogP contribution in [0.5, 0.6) is 0 Å². The van der Waals surface area contributed by atoms with E-state index in [1.54, 1.807) is 6.08 Å². The highest BCUT2D eigenvalue weighted by Crippen LogP contribution is 2.52. The van der Waals surface area contributed by atoms with Gasteiger partial charge in [0.25, 0.3) is 0 Å². The van der Waals surface area contributed by atoms with Crippen molar-refractivity contribution in [3.8, 4) is 0 Å². The van der Waals surface area contributed by atoms with E-state index in [1.807, 2.05) is 25.7 Å². The number of ether oxygens (including phenoxy) is 1. The Balaban J connectivity index is 1.99. The molecule has 1 aromatic carbocycles. The number of amides is 1. The van der Waals surface area contributed by atoms with Gasteiger partial charge in [-0.25, -0.2) is 8.78 Å². The maximum Gasteiger partial charge on any atom is 0.229 e. The monoisotopic (exact) mass is 459 g/mol. The van der Waals surface area contributed by atoms with Crippen molar-refractivity contribution in [1.82, 2.24) is 4.90 Å². The molecule has 180 valence electrons. The number of carbonyl (C=O) groups is 1. The smallest absolute Gasteiger partial charge is 0.229 e. The van der Waals surface area contributed by atoms with Crippen LogP contribution in [-0.4, -0.2) is 36.1 Å². The number of benzene rings is 1. The topological polar surface area (TPSA) is 54.3 Å². The van der Waals surface area contributed by atoms with E-state index in [9.17, 15) is 13.6 Å². The van der Waals surface area contributed by atoms with Gasteiger partial charge in [-0.1, -0.05) is 39.5 Å².